The lowest BCUT2D eigenvalue weighted by Crippen LogP contribution is -2.43. The molecule has 1 amide bonds. The van der Waals surface area contributed by atoms with Gasteiger partial charge in [-0.3, -0.25) is 9.59 Å². The van der Waals surface area contributed by atoms with Crippen molar-refractivity contribution < 1.29 is 14.7 Å². The summed E-state index contributed by atoms with van der Waals surface area (Å²) in [6, 6.07) is 0.403. The van der Waals surface area contributed by atoms with Gasteiger partial charge in [-0.15, -0.1) is 0 Å². The number of hydrogen-bond acceptors (Lipinski definition) is 2. The molecule has 2 aliphatic rings. The van der Waals surface area contributed by atoms with Crippen LogP contribution in [0.5, 0.6) is 0 Å². The first-order valence-electron chi connectivity index (χ1n) is 8.52. The molecule has 1 N–H and O–H groups in total. The Balaban J connectivity index is 1.98. The normalized spacial score (nSPS) is 26.4. The third kappa shape index (κ3) is 4.21. The fraction of sp³-hybridized carbons (Fsp3) is 0.882. The van der Waals surface area contributed by atoms with Crippen molar-refractivity contribution in [2.75, 3.05) is 6.54 Å². The summed E-state index contributed by atoms with van der Waals surface area (Å²) in [7, 11) is 0. The molecule has 0 unspecified atom stereocenters. The zero-order chi connectivity index (χ0) is 15.4. The van der Waals surface area contributed by atoms with Crippen LogP contribution in [0.15, 0.2) is 0 Å². The van der Waals surface area contributed by atoms with E-state index >= 15 is 0 Å². The minimum absolute atomic E-state index is 0.0566. The number of carbonyl (C=O) groups is 2. The van der Waals surface area contributed by atoms with E-state index in [0.717, 1.165) is 32.2 Å². The number of amides is 1. The van der Waals surface area contributed by atoms with Crippen LogP contribution in [-0.4, -0.2) is 34.5 Å². The molecule has 2 atom stereocenters. The highest BCUT2D eigenvalue weighted by atomic mass is 16.4. The molecule has 2 rings (SSSR count). The van der Waals surface area contributed by atoms with Crippen molar-refractivity contribution in [3.8, 4) is 0 Å². The van der Waals surface area contributed by atoms with Crippen LogP contribution in [0.3, 0.4) is 0 Å². The maximum atomic E-state index is 12.8. The summed E-state index contributed by atoms with van der Waals surface area (Å²) in [6.07, 6.45) is 7.68. The molecule has 120 valence electrons. The van der Waals surface area contributed by atoms with Gasteiger partial charge in [0.05, 0.1) is 5.92 Å². The van der Waals surface area contributed by atoms with Crippen LogP contribution in [0.1, 0.15) is 65.2 Å². The second-order valence-corrected chi connectivity index (χ2v) is 7.20. The summed E-state index contributed by atoms with van der Waals surface area (Å²) < 4.78 is 0. The molecule has 4 nitrogen and oxygen atoms in total. The topological polar surface area (TPSA) is 57.6 Å². The SMILES string of the molecule is CC(C)CCN(C(=O)[C@@H]1CC[C@H](C(=O)O)C1)C1CCCC1. The molecule has 0 aliphatic heterocycles. The maximum Gasteiger partial charge on any atom is 0.306 e. The van der Waals surface area contributed by atoms with Crippen molar-refractivity contribution in [2.24, 2.45) is 17.8 Å². The molecule has 0 aromatic carbocycles. The van der Waals surface area contributed by atoms with Gasteiger partial charge in [0, 0.05) is 18.5 Å². The largest absolute Gasteiger partial charge is 0.481 e. The van der Waals surface area contributed by atoms with E-state index in [2.05, 4.69) is 18.7 Å². The molecular formula is C17H29NO3. The van der Waals surface area contributed by atoms with Gasteiger partial charge in [0.25, 0.3) is 0 Å². The summed E-state index contributed by atoms with van der Waals surface area (Å²) in [4.78, 5) is 26.0. The summed E-state index contributed by atoms with van der Waals surface area (Å²) in [6.45, 7) is 5.22. The van der Waals surface area contributed by atoms with E-state index < -0.39 is 5.97 Å². The number of hydrogen-bond donors (Lipinski definition) is 1. The van der Waals surface area contributed by atoms with Gasteiger partial charge in [-0.05, 0) is 44.4 Å². The van der Waals surface area contributed by atoms with Crippen molar-refractivity contribution in [1.82, 2.24) is 4.90 Å². The molecule has 0 aromatic heterocycles. The van der Waals surface area contributed by atoms with Gasteiger partial charge in [-0.2, -0.15) is 0 Å². The minimum Gasteiger partial charge on any atom is -0.481 e. The fourth-order valence-electron chi connectivity index (χ4n) is 3.75. The van der Waals surface area contributed by atoms with E-state index in [4.69, 9.17) is 5.11 Å². The maximum absolute atomic E-state index is 12.8. The van der Waals surface area contributed by atoms with E-state index in [1.165, 1.54) is 12.8 Å². The highest BCUT2D eigenvalue weighted by molar-refractivity contribution is 5.81. The highest BCUT2D eigenvalue weighted by Crippen LogP contribution is 2.34. The van der Waals surface area contributed by atoms with E-state index in [-0.39, 0.29) is 17.7 Å². The predicted octanol–water partition coefficient (Wildman–Crippen LogP) is 3.30. The van der Waals surface area contributed by atoms with Crippen molar-refractivity contribution in [3.05, 3.63) is 0 Å². The van der Waals surface area contributed by atoms with Crippen molar-refractivity contribution in [2.45, 2.75) is 71.3 Å². The third-order valence-electron chi connectivity index (χ3n) is 5.13. The number of carbonyl (C=O) groups excluding carboxylic acids is 1. The molecule has 0 radical (unpaired) electrons. The Morgan fingerprint density at radius 2 is 1.71 bits per heavy atom. The van der Waals surface area contributed by atoms with Crippen LogP contribution in [0.2, 0.25) is 0 Å². The molecule has 21 heavy (non-hydrogen) atoms. The quantitative estimate of drug-likeness (QED) is 0.818. The van der Waals surface area contributed by atoms with Crippen LogP contribution in [0, 0.1) is 17.8 Å². The summed E-state index contributed by atoms with van der Waals surface area (Å²) in [5.41, 5.74) is 0. The van der Waals surface area contributed by atoms with Gasteiger partial charge < -0.3 is 10.0 Å². The first-order chi connectivity index (χ1) is 9.99. The van der Waals surface area contributed by atoms with Gasteiger partial charge >= 0.3 is 5.97 Å². The fourth-order valence-corrected chi connectivity index (χ4v) is 3.75. The molecule has 0 spiro atoms. The van der Waals surface area contributed by atoms with Gasteiger partial charge in [0.1, 0.15) is 0 Å². The Morgan fingerprint density at radius 3 is 2.24 bits per heavy atom. The molecule has 0 bridgehead atoms. The molecule has 2 saturated carbocycles. The van der Waals surface area contributed by atoms with Gasteiger partial charge in [-0.1, -0.05) is 26.7 Å². The average Bonchev–Trinajstić information content (AvgIpc) is 3.09. The van der Waals surface area contributed by atoms with E-state index in [1.54, 1.807) is 0 Å². The number of aliphatic carboxylic acids is 1. The first-order valence-corrected chi connectivity index (χ1v) is 8.52. The standard InChI is InChI=1S/C17H29NO3/c1-12(2)9-10-18(15-5-3-4-6-15)16(19)13-7-8-14(11-13)17(20)21/h12-15H,3-11H2,1-2H3,(H,20,21)/t13-,14+/m1/s1. The molecule has 2 fully saturated rings. The number of rotatable bonds is 6. The molecule has 0 saturated heterocycles. The molecule has 2 aliphatic carbocycles. The van der Waals surface area contributed by atoms with Crippen LogP contribution >= 0.6 is 0 Å². The smallest absolute Gasteiger partial charge is 0.306 e. The molecule has 4 heteroatoms. The highest BCUT2D eigenvalue weighted by Gasteiger charge is 2.38. The molecule has 0 aromatic rings. The van der Waals surface area contributed by atoms with Crippen LogP contribution < -0.4 is 0 Å². The van der Waals surface area contributed by atoms with E-state index in [0.29, 0.717) is 24.8 Å². The second-order valence-electron chi connectivity index (χ2n) is 7.20. The van der Waals surface area contributed by atoms with Crippen molar-refractivity contribution >= 4 is 11.9 Å². The Kier molecular flexibility index (Phi) is 5.65. The zero-order valence-electron chi connectivity index (χ0n) is 13.4. The number of carboxylic acids is 1. The Morgan fingerprint density at radius 1 is 1.10 bits per heavy atom. The summed E-state index contributed by atoms with van der Waals surface area (Å²) >= 11 is 0. The molecule has 0 heterocycles. The lowest BCUT2D eigenvalue weighted by atomic mass is 10.0. The van der Waals surface area contributed by atoms with Gasteiger partial charge in [-0.25, -0.2) is 0 Å². The van der Waals surface area contributed by atoms with E-state index in [1.807, 2.05) is 0 Å². The Labute approximate surface area is 127 Å². The van der Waals surface area contributed by atoms with E-state index in [9.17, 15) is 9.59 Å². The lowest BCUT2D eigenvalue weighted by molar-refractivity contribution is -0.142. The Bertz CT molecular complexity index is 374. The van der Waals surface area contributed by atoms with Gasteiger partial charge in [0.2, 0.25) is 5.91 Å². The predicted molar refractivity (Wildman–Crippen MR) is 81.9 cm³/mol. The zero-order valence-corrected chi connectivity index (χ0v) is 13.4. The van der Waals surface area contributed by atoms with Crippen molar-refractivity contribution in [1.29, 1.82) is 0 Å². The Hall–Kier alpha value is -1.06. The second kappa shape index (κ2) is 7.28. The number of carboxylic acid groups (broad SMARTS) is 1. The summed E-state index contributed by atoms with van der Waals surface area (Å²) in [5.74, 6) is -0.281. The van der Waals surface area contributed by atoms with Gasteiger partial charge in [0.15, 0.2) is 0 Å². The van der Waals surface area contributed by atoms with Crippen LogP contribution in [0.4, 0.5) is 0 Å². The van der Waals surface area contributed by atoms with Crippen LogP contribution in [-0.2, 0) is 9.59 Å². The third-order valence-corrected chi connectivity index (χ3v) is 5.13. The van der Waals surface area contributed by atoms with Crippen molar-refractivity contribution in [3.63, 3.8) is 0 Å². The first kappa shape index (κ1) is 16.3. The monoisotopic (exact) mass is 295 g/mol. The minimum atomic E-state index is -0.736. The number of nitrogens with zero attached hydrogens (tertiary/aromatic N) is 1. The van der Waals surface area contributed by atoms with Crippen LogP contribution in [0.25, 0.3) is 0 Å². The average molecular weight is 295 g/mol. The summed E-state index contributed by atoms with van der Waals surface area (Å²) in [5, 5.41) is 9.11. The lowest BCUT2D eigenvalue weighted by Gasteiger charge is -2.32. The molecular weight excluding hydrogens is 266 g/mol.